The van der Waals surface area contributed by atoms with E-state index in [4.69, 9.17) is 14.2 Å². The first-order chi connectivity index (χ1) is 17.6. The van der Waals surface area contributed by atoms with E-state index in [2.05, 4.69) is 43.8 Å². The van der Waals surface area contributed by atoms with Crippen LogP contribution >= 0.6 is 22.6 Å². The van der Waals surface area contributed by atoms with Crippen LogP contribution in [-0.2, 0) is 19.1 Å². The Labute approximate surface area is 230 Å². The minimum absolute atomic E-state index is 0.114. The van der Waals surface area contributed by atoms with Gasteiger partial charge in [0.15, 0.2) is 18.1 Å². The molecule has 0 aliphatic carbocycles. The van der Waals surface area contributed by atoms with E-state index >= 15 is 0 Å². The quantitative estimate of drug-likeness (QED) is 0.109. The van der Waals surface area contributed by atoms with Crippen LogP contribution in [0.4, 0.5) is 5.69 Å². The molecule has 3 amide bonds. The number of rotatable bonds is 12. The maximum atomic E-state index is 12.4. The molecule has 200 valence electrons. The largest absolute Gasteiger partial charge is 0.493 e. The Balaban J connectivity index is 1.90. The number of benzene rings is 2. The Kier molecular flexibility index (Phi) is 12.3. The number of hydrogen-bond donors (Lipinski definition) is 3. The van der Waals surface area contributed by atoms with Crippen LogP contribution in [0, 0.1) is 17.4 Å². The molecule has 3 N–H and O–H groups in total. The van der Waals surface area contributed by atoms with E-state index in [0.717, 1.165) is 11.1 Å². The van der Waals surface area contributed by atoms with Gasteiger partial charge in [0.25, 0.3) is 5.91 Å². The lowest BCUT2D eigenvalue weighted by Crippen LogP contribution is -2.38. The number of aryl methyl sites for hydroxylation is 2. The van der Waals surface area contributed by atoms with Crippen molar-refractivity contribution in [2.75, 3.05) is 32.2 Å². The lowest BCUT2D eigenvalue weighted by Gasteiger charge is -2.14. The molecular weight excluding hydrogens is 591 g/mol. The van der Waals surface area contributed by atoms with Gasteiger partial charge in [0.2, 0.25) is 0 Å². The van der Waals surface area contributed by atoms with Gasteiger partial charge in [0, 0.05) is 18.8 Å². The number of methoxy groups -OCH3 is 1. The molecule has 0 radical (unpaired) electrons. The van der Waals surface area contributed by atoms with Crippen molar-refractivity contribution in [3.63, 3.8) is 0 Å². The number of carbonyl (C=O) groups is 3. The molecule has 0 unspecified atom stereocenters. The van der Waals surface area contributed by atoms with E-state index in [1.54, 1.807) is 12.1 Å². The van der Waals surface area contributed by atoms with E-state index in [0.29, 0.717) is 45.9 Å². The van der Waals surface area contributed by atoms with Crippen molar-refractivity contribution in [1.82, 2.24) is 10.7 Å². The smallest absolute Gasteiger partial charge is 0.329 e. The first-order valence-corrected chi connectivity index (χ1v) is 12.8. The summed E-state index contributed by atoms with van der Waals surface area (Å²) in [6.07, 6.45) is 2.09. The Morgan fingerprint density at radius 2 is 1.76 bits per heavy atom. The van der Waals surface area contributed by atoms with Gasteiger partial charge in [-0.2, -0.15) is 5.10 Å². The fourth-order valence-corrected chi connectivity index (χ4v) is 4.01. The van der Waals surface area contributed by atoms with Crippen molar-refractivity contribution in [3.05, 3.63) is 50.6 Å². The Morgan fingerprint density at radius 1 is 1.05 bits per heavy atom. The third-order valence-electron chi connectivity index (χ3n) is 4.75. The molecule has 0 aliphatic rings. The lowest BCUT2D eigenvalue weighted by molar-refractivity contribution is -0.139. The first kappa shape index (κ1) is 30.0. The van der Waals surface area contributed by atoms with Crippen molar-refractivity contribution in [1.29, 1.82) is 0 Å². The highest BCUT2D eigenvalue weighted by Crippen LogP contribution is 2.33. The summed E-state index contributed by atoms with van der Waals surface area (Å²) in [5.74, 6) is -1.17. The fraction of sp³-hybridized carbons (Fsp3) is 0.385. The Morgan fingerprint density at radius 3 is 2.41 bits per heavy atom. The van der Waals surface area contributed by atoms with Crippen molar-refractivity contribution in [2.45, 2.75) is 40.2 Å². The van der Waals surface area contributed by atoms with Gasteiger partial charge in [0.05, 0.1) is 23.0 Å². The van der Waals surface area contributed by atoms with E-state index in [1.807, 2.05) is 45.9 Å². The highest BCUT2D eigenvalue weighted by molar-refractivity contribution is 14.1. The summed E-state index contributed by atoms with van der Waals surface area (Å²) in [4.78, 5) is 36.2. The second-order valence-electron chi connectivity index (χ2n) is 8.48. The average molecular weight is 624 g/mol. The van der Waals surface area contributed by atoms with Crippen LogP contribution in [0.1, 0.15) is 37.0 Å². The molecule has 0 aromatic heterocycles. The highest BCUT2D eigenvalue weighted by atomic mass is 127. The second kappa shape index (κ2) is 15.2. The number of halogens is 1. The molecule has 0 fully saturated rings. The third-order valence-corrected chi connectivity index (χ3v) is 5.55. The minimum Gasteiger partial charge on any atom is -0.493 e. The summed E-state index contributed by atoms with van der Waals surface area (Å²) in [7, 11) is 1.48. The number of carbonyl (C=O) groups excluding carboxylic acids is 3. The van der Waals surface area contributed by atoms with Crippen molar-refractivity contribution < 1.29 is 28.6 Å². The van der Waals surface area contributed by atoms with Gasteiger partial charge in [-0.3, -0.25) is 14.4 Å². The van der Waals surface area contributed by atoms with Crippen molar-refractivity contribution >= 4 is 52.2 Å². The maximum Gasteiger partial charge on any atom is 0.329 e. The number of hydrogen-bond acceptors (Lipinski definition) is 7. The number of nitrogens with zero attached hydrogens (tertiary/aromatic N) is 1. The number of hydrazone groups is 1. The Bertz CT molecular complexity index is 1120. The minimum atomic E-state index is -0.877. The zero-order chi connectivity index (χ0) is 27.4. The molecule has 0 atom stereocenters. The molecule has 37 heavy (non-hydrogen) atoms. The molecule has 2 rings (SSSR count). The number of ether oxygens (including phenoxy) is 3. The summed E-state index contributed by atoms with van der Waals surface area (Å²) in [5, 5.41) is 9.17. The van der Waals surface area contributed by atoms with Crippen LogP contribution in [0.25, 0.3) is 0 Å². The van der Waals surface area contributed by atoms with Gasteiger partial charge in [-0.15, -0.1) is 0 Å². The number of nitrogens with one attached hydrogen (secondary N) is 3. The highest BCUT2D eigenvalue weighted by Gasteiger charge is 2.15. The van der Waals surface area contributed by atoms with Crippen LogP contribution in [0.5, 0.6) is 11.5 Å². The second-order valence-corrected chi connectivity index (χ2v) is 9.64. The normalized spacial score (nSPS) is 10.9. The predicted molar refractivity (Wildman–Crippen MR) is 150 cm³/mol. The SMILES string of the molecule is COc1cc(/C=N\NC(=O)C(=O)NCCCOC(C)C)cc(I)c1OCC(=O)Nc1cc(C)cc(C)c1. The Hall–Kier alpha value is -3.19. The van der Waals surface area contributed by atoms with Crippen molar-refractivity contribution in [2.24, 2.45) is 5.10 Å². The summed E-state index contributed by atoms with van der Waals surface area (Å²) in [5.41, 5.74) is 5.59. The molecule has 11 heteroatoms. The van der Waals surface area contributed by atoms with Gasteiger partial charge in [-0.1, -0.05) is 6.07 Å². The van der Waals surface area contributed by atoms with Crippen LogP contribution < -0.4 is 25.5 Å². The number of anilines is 1. The number of amides is 3. The standard InChI is InChI=1S/C26H33IN4O6/c1-16(2)36-8-6-7-28-25(33)26(34)31-29-14-19-12-21(27)24(22(13-19)35-5)37-15-23(32)30-20-10-17(3)9-18(4)11-20/h9-14,16H,6-8,15H2,1-5H3,(H,28,33)(H,30,32)(H,31,34)/b29-14-. The zero-order valence-electron chi connectivity index (χ0n) is 21.6. The van der Waals surface area contributed by atoms with Crippen LogP contribution in [-0.4, -0.2) is 56.9 Å². The van der Waals surface area contributed by atoms with Crippen molar-refractivity contribution in [3.8, 4) is 11.5 Å². The van der Waals surface area contributed by atoms with Gasteiger partial charge < -0.3 is 24.8 Å². The van der Waals surface area contributed by atoms with E-state index in [-0.39, 0.29) is 18.6 Å². The first-order valence-electron chi connectivity index (χ1n) is 11.7. The van der Waals surface area contributed by atoms with Crippen LogP contribution in [0.15, 0.2) is 35.4 Å². The van der Waals surface area contributed by atoms with E-state index in [1.165, 1.54) is 13.3 Å². The lowest BCUT2D eigenvalue weighted by atomic mass is 10.1. The molecule has 2 aromatic carbocycles. The van der Waals surface area contributed by atoms with Crippen LogP contribution in [0.2, 0.25) is 0 Å². The molecule has 10 nitrogen and oxygen atoms in total. The topological polar surface area (TPSA) is 127 Å². The molecule has 0 saturated carbocycles. The van der Waals surface area contributed by atoms with E-state index < -0.39 is 11.8 Å². The average Bonchev–Trinajstić information content (AvgIpc) is 2.81. The summed E-state index contributed by atoms with van der Waals surface area (Å²) >= 11 is 2.06. The molecule has 0 saturated heterocycles. The third kappa shape index (κ3) is 10.8. The monoisotopic (exact) mass is 624 g/mol. The van der Waals surface area contributed by atoms with Gasteiger partial charge in [-0.25, -0.2) is 5.43 Å². The molecular formula is C26H33IN4O6. The van der Waals surface area contributed by atoms with Gasteiger partial charge in [0.1, 0.15) is 0 Å². The van der Waals surface area contributed by atoms with Crippen LogP contribution in [0.3, 0.4) is 0 Å². The molecule has 0 bridgehead atoms. The maximum absolute atomic E-state index is 12.4. The van der Waals surface area contributed by atoms with Gasteiger partial charge in [-0.05, 0) is 97.7 Å². The fourth-order valence-electron chi connectivity index (χ4n) is 3.23. The van der Waals surface area contributed by atoms with Gasteiger partial charge >= 0.3 is 11.8 Å². The summed E-state index contributed by atoms with van der Waals surface area (Å²) in [6.45, 7) is 8.38. The summed E-state index contributed by atoms with van der Waals surface area (Å²) in [6, 6.07) is 9.17. The van der Waals surface area contributed by atoms with E-state index in [9.17, 15) is 14.4 Å². The molecule has 0 heterocycles. The zero-order valence-corrected chi connectivity index (χ0v) is 23.8. The molecule has 0 aliphatic heterocycles. The predicted octanol–water partition coefficient (Wildman–Crippen LogP) is 3.32. The molecule has 0 spiro atoms. The molecule has 2 aromatic rings. The summed E-state index contributed by atoms with van der Waals surface area (Å²) < 4.78 is 17.2.